The number of methoxy groups -OCH3 is 1. The minimum Gasteiger partial charge on any atom is -0.497 e. The molecule has 0 fully saturated rings. The Morgan fingerprint density at radius 1 is 1.29 bits per heavy atom. The van der Waals surface area contributed by atoms with E-state index in [4.69, 9.17) is 10.00 Å². The van der Waals surface area contributed by atoms with Crippen LogP contribution >= 0.6 is 11.8 Å². The van der Waals surface area contributed by atoms with Gasteiger partial charge in [0.1, 0.15) is 11.8 Å². The molecular weight excluding hydrogens is 288 g/mol. The molecule has 0 aliphatic carbocycles. The van der Waals surface area contributed by atoms with Gasteiger partial charge >= 0.3 is 0 Å². The van der Waals surface area contributed by atoms with Crippen LogP contribution in [0.1, 0.15) is 11.1 Å². The fourth-order valence-corrected chi connectivity index (χ4v) is 2.67. The summed E-state index contributed by atoms with van der Waals surface area (Å²) in [5.74, 6) is 1.47. The number of nitriles is 1. The fraction of sp³-hybridized carbons (Fsp3) is 0.133. The van der Waals surface area contributed by atoms with E-state index < -0.39 is 4.92 Å². The lowest BCUT2D eigenvalue weighted by Crippen LogP contribution is -1.91. The summed E-state index contributed by atoms with van der Waals surface area (Å²) in [5.41, 5.74) is 1.34. The summed E-state index contributed by atoms with van der Waals surface area (Å²) >= 11 is 1.47. The summed E-state index contributed by atoms with van der Waals surface area (Å²) in [6.45, 7) is 0. The van der Waals surface area contributed by atoms with Gasteiger partial charge in [-0.05, 0) is 23.8 Å². The van der Waals surface area contributed by atoms with Crippen molar-refractivity contribution in [1.29, 1.82) is 5.26 Å². The Kier molecular flexibility index (Phi) is 4.80. The van der Waals surface area contributed by atoms with Gasteiger partial charge in [-0.3, -0.25) is 10.1 Å². The number of hydrogen-bond donors (Lipinski definition) is 0. The smallest absolute Gasteiger partial charge is 0.270 e. The molecule has 0 atom stereocenters. The lowest BCUT2D eigenvalue weighted by atomic mass is 10.2. The SMILES string of the molecule is COc1ccc(CSc2ccc([N+](=O)[O-])cc2C#N)cc1. The van der Waals surface area contributed by atoms with E-state index in [1.165, 1.54) is 23.9 Å². The Hall–Kier alpha value is -2.52. The number of thioether (sulfide) groups is 1. The molecule has 0 saturated carbocycles. The molecule has 0 amide bonds. The first-order valence-electron chi connectivity index (χ1n) is 6.08. The van der Waals surface area contributed by atoms with Crippen molar-refractivity contribution in [3.63, 3.8) is 0 Å². The summed E-state index contributed by atoms with van der Waals surface area (Å²) < 4.78 is 5.09. The van der Waals surface area contributed by atoms with Gasteiger partial charge < -0.3 is 4.74 Å². The highest BCUT2D eigenvalue weighted by molar-refractivity contribution is 7.98. The molecule has 2 aromatic rings. The molecule has 0 heterocycles. The Morgan fingerprint density at radius 3 is 2.57 bits per heavy atom. The average molecular weight is 300 g/mol. The van der Waals surface area contributed by atoms with Crippen LogP contribution in [-0.2, 0) is 5.75 Å². The van der Waals surface area contributed by atoms with Crippen LogP contribution in [0, 0.1) is 21.4 Å². The third-order valence-electron chi connectivity index (χ3n) is 2.85. The van der Waals surface area contributed by atoms with Gasteiger partial charge in [-0.25, -0.2) is 0 Å². The van der Waals surface area contributed by atoms with Crippen molar-refractivity contribution in [3.05, 3.63) is 63.7 Å². The minimum absolute atomic E-state index is 0.0691. The van der Waals surface area contributed by atoms with Gasteiger partial charge in [0.05, 0.1) is 17.6 Å². The van der Waals surface area contributed by atoms with Crippen LogP contribution in [0.3, 0.4) is 0 Å². The van der Waals surface area contributed by atoms with Gasteiger partial charge in [-0.2, -0.15) is 5.26 Å². The van der Waals surface area contributed by atoms with Gasteiger partial charge in [0.25, 0.3) is 5.69 Å². The van der Waals surface area contributed by atoms with Gasteiger partial charge in [-0.15, -0.1) is 11.8 Å². The molecule has 0 spiro atoms. The first-order chi connectivity index (χ1) is 10.1. The Balaban J connectivity index is 2.12. The molecule has 21 heavy (non-hydrogen) atoms. The second-order valence-electron chi connectivity index (χ2n) is 4.19. The summed E-state index contributed by atoms with van der Waals surface area (Å²) in [4.78, 5) is 10.9. The van der Waals surface area contributed by atoms with Crippen molar-refractivity contribution in [3.8, 4) is 11.8 Å². The number of rotatable bonds is 5. The van der Waals surface area contributed by atoms with E-state index in [0.29, 0.717) is 11.3 Å². The normalized spacial score (nSPS) is 9.90. The number of hydrogen-bond acceptors (Lipinski definition) is 5. The van der Waals surface area contributed by atoms with E-state index in [0.717, 1.165) is 16.2 Å². The second-order valence-corrected chi connectivity index (χ2v) is 5.20. The highest BCUT2D eigenvalue weighted by Gasteiger charge is 2.11. The van der Waals surface area contributed by atoms with E-state index >= 15 is 0 Å². The zero-order chi connectivity index (χ0) is 15.2. The second kappa shape index (κ2) is 6.77. The van der Waals surface area contributed by atoms with Gasteiger partial charge in [0.2, 0.25) is 0 Å². The maximum Gasteiger partial charge on any atom is 0.270 e. The molecule has 0 bridgehead atoms. The lowest BCUT2D eigenvalue weighted by molar-refractivity contribution is -0.384. The number of nitro groups is 1. The van der Waals surface area contributed by atoms with Crippen LogP contribution in [0.4, 0.5) is 5.69 Å². The van der Waals surface area contributed by atoms with Gasteiger partial charge in [-0.1, -0.05) is 12.1 Å². The highest BCUT2D eigenvalue weighted by Crippen LogP contribution is 2.29. The minimum atomic E-state index is -0.501. The number of nitrogens with zero attached hydrogens (tertiary/aromatic N) is 2. The molecule has 0 radical (unpaired) electrons. The maximum absolute atomic E-state index is 10.7. The third kappa shape index (κ3) is 3.74. The van der Waals surface area contributed by atoms with Crippen molar-refractivity contribution in [2.24, 2.45) is 0 Å². The number of benzene rings is 2. The van der Waals surface area contributed by atoms with Crippen LogP contribution in [0.15, 0.2) is 47.4 Å². The predicted molar refractivity (Wildman–Crippen MR) is 80.4 cm³/mol. The van der Waals surface area contributed by atoms with Crippen molar-refractivity contribution in [2.75, 3.05) is 7.11 Å². The zero-order valence-electron chi connectivity index (χ0n) is 11.3. The Labute approximate surface area is 126 Å². The molecule has 2 aromatic carbocycles. The molecule has 0 unspecified atom stereocenters. The first kappa shape index (κ1) is 14.9. The first-order valence-corrected chi connectivity index (χ1v) is 7.07. The fourth-order valence-electron chi connectivity index (χ4n) is 1.73. The molecule has 0 aliphatic rings. The van der Waals surface area contributed by atoms with Crippen LogP contribution in [0.25, 0.3) is 0 Å². The summed E-state index contributed by atoms with van der Waals surface area (Å²) in [6.07, 6.45) is 0. The molecule has 0 aromatic heterocycles. The number of nitro benzene ring substituents is 1. The molecular formula is C15H12N2O3S. The Morgan fingerprint density at radius 2 is 2.00 bits per heavy atom. The van der Waals surface area contributed by atoms with Crippen LogP contribution < -0.4 is 4.74 Å². The van der Waals surface area contributed by atoms with Crippen LogP contribution in [0.5, 0.6) is 5.75 Å². The van der Waals surface area contributed by atoms with Crippen molar-refractivity contribution >= 4 is 17.4 Å². The number of ether oxygens (including phenoxy) is 1. The third-order valence-corrected chi connectivity index (χ3v) is 3.99. The van der Waals surface area contributed by atoms with E-state index in [9.17, 15) is 10.1 Å². The summed E-state index contributed by atoms with van der Waals surface area (Å²) in [6, 6.07) is 14.0. The number of non-ortho nitro benzene ring substituents is 1. The molecule has 5 nitrogen and oxygen atoms in total. The standard InChI is InChI=1S/C15H12N2O3S/c1-20-14-5-2-11(3-6-14)10-21-15-7-4-13(17(18)19)8-12(15)9-16/h2-8H,10H2,1H3. The molecule has 0 aliphatic heterocycles. The topological polar surface area (TPSA) is 76.2 Å². The maximum atomic E-state index is 10.7. The largest absolute Gasteiger partial charge is 0.497 e. The van der Waals surface area contributed by atoms with E-state index in [1.54, 1.807) is 13.2 Å². The Bertz CT molecular complexity index is 693. The van der Waals surface area contributed by atoms with Crippen molar-refractivity contribution < 1.29 is 9.66 Å². The molecule has 0 saturated heterocycles. The monoisotopic (exact) mass is 300 g/mol. The van der Waals surface area contributed by atoms with E-state index in [2.05, 4.69) is 0 Å². The quantitative estimate of drug-likeness (QED) is 0.477. The van der Waals surface area contributed by atoms with E-state index in [1.807, 2.05) is 30.3 Å². The molecule has 106 valence electrons. The predicted octanol–water partition coefficient (Wildman–Crippen LogP) is 3.77. The van der Waals surface area contributed by atoms with Gasteiger partial charge in [0, 0.05) is 22.8 Å². The van der Waals surface area contributed by atoms with Crippen molar-refractivity contribution in [1.82, 2.24) is 0 Å². The molecule has 2 rings (SSSR count). The average Bonchev–Trinajstić information content (AvgIpc) is 2.53. The van der Waals surface area contributed by atoms with Crippen LogP contribution in [0.2, 0.25) is 0 Å². The van der Waals surface area contributed by atoms with Crippen LogP contribution in [-0.4, -0.2) is 12.0 Å². The summed E-state index contributed by atoms with van der Waals surface area (Å²) in [7, 11) is 1.61. The van der Waals surface area contributed by atoms with E-state index in [-0.39, 0.29) is 5.69 Å². The molecule has 0 N–H and O–H groups in total. The zero-order valence-corrected chi connectivity index (χ0v) is 12.1. The lowest BCUT2D eigenvalue weighted by Gasteiger charge is -2.05. The highest BCUT2D eigenvalue weighted by atomic mass is 32.2. The van der Waals surface area contributed by atoms with Gasteiger partial charge in [0.15, 0.2) is 0 Å². The molecule has 6 heteroatoms. The van der Waals surface area contributed by atoms with Crippen molar-refractivity contribution in [2.45, 2.75) is 10.6 Å². The summed E-state index contributed by atoms with van der Waals surface area (Å²) in [5, 5.41) is 19.8.